The Morgan fingerprint density at radius 3 is 2.71 bits per heavy atom. The molecule has 0 aliphatic heterocycles. The van der Waals surface area contributed by atoms with Crippen LogP contribution in [0, 0.1) is 4.91 Å². The average molecular weight is 333 g/mol. The Hall–Kier alpha value is -1.91. The molecule has 0 spiro atoms. The summed E-state index contributed by atoms with van der Waals surface area (Å²) in [6, 6.07) is 3.58. The van der Waals surface area contributed by atoms with Crippen LogP contribution in [0.1, 0.15) is 75.6 Å². The van der Waals surface area contributed by atoms with Gasteiger partial charge in [0, 0.05) is 0 Å². The molecule has 2 rings (SSSR count). The van der Waals surface area contributed by atoms with Crippen molar-refractivity contribution in [2.75, 3.05) is 0 Å². The number of ether oxygens (including phenoxy) is 1. The lowest BCUT2D eigenvalue weighted by Crippen LogP contribution is -2.38. The molecule has 1 N–H and O–H groups in total. The number of hydrogen-bond donors (Lipinski definition) is 1. The Morgan fingerprint density at radius 2 is 2.08 bits per heavy atom. The van der Waals surface area contributed by atoms with Crippen LogP contribution in [0.4, 0.5) is 0 Å². The second-order valence-corrected chi connectivity index (χ2v) is 7.05. The van der Waals surface area contributed by atoms with Gasteiger partial charge in [0.1, 0.15) is 11.8 Å². The van der Waals surface area contributed by atoms with Crippen LogP contribution in [0.15, 0.2) is 17.3 Å². The van der Waals surface area contributed by atoms with Gasteiger partial charge < -0.3 is 9.84 Å². The normalized spacial score (nSPS) is 16.7. The zero-order valence-corrected chi connectivity index (χ0v) is 14.8. The van der Waals surface area contributed by atoms with Crippen LogP contribution in [0.2, 0.25) is 0 Å². The molecule has 1 aromatic carbocycles. The summed E-state index contributed by atoms with van der Waals surface area (Å²) in [5.74, 6) is -0.432. The molecule has 0 saturated heterocycles. The van der Waals surface area contributed by atoms with Gasteiger partial charge in [-0.3, -0.25) is 0 Å². The van der Waals surface area contributed by atoms with Gasteiger partial charge in [0.05, 0.1) is 0 Å². The molecule has 0 saturated carbocycles. The second kappa shape index (κ2) is 7.77. The van der Waals surface area contributed by atoms with Gasteiger partial charge >= 0.3 is 5.97 Å². The number of nitrogens with zero attached hydrogens (tertiary/aromatic N) is 1. The minimum absolute atomic E-state index is 0.343. The predicted molar refractivity (Wildman–Crippen MR) is 93.5 cm³/mol. The first-order valence-electron chi connectivity index (χ1n) is 8.79. The summed E-state index contributed by atoms with van der Waals surface area (Å²) in [7, 11) is 0. The number of aliphatic carboxylic acids is 1. The molecule has 0 amide bonds. The number of carboxylic acid groups (broad SMARTS) is 1. The fourth-order valence-electron chi connectivity index (χ4n) is 3.13. The van der Waals surface area contributed by atoms with Gasteiger partial charge in [0.2, 0.25) is 0 Å². The summed E-state index contributed by atoms with van der Waals surface area (Å²) < 4.78 is 5.83. The predicted octanol–water partition coefficient (Wildman–Crippen LogP) is 4.81. The van der Waals surface area contributed by atoms with Crippen molar-refractivity contribution in [3.05, 3.63) is 33.7 Å². The molecule has 132 valence electrons. The lowest BCUT2D eigenvalue weighted by molar-refractivity contribution is -0.152. The van der Waals surface area contributed by atoms with E-state index < -0.39 is 11.6 Å². The average Bonchev–Trinajstić information content (AvgIpc) is 2.93. The third-order valence-corrected chi connectivity index (χ3v) is 4.68. The van der Waals surface area contributed by atoms with E-state index in [1.54, 1.807) is 13.8 Å². The number of benzene rings is 1. The topological polar surface area (TPSA) is 76.0 Å². The van der Waals surface area contributed by atoms with Crippen molar-refractivity contribution < 1.29 is 14.6 Å². The van der Waals surface area contributed by atoms with E-state index in [-0.39, 0.29) is 6.04 Å². The third-order valence-electron chi connectivity index (χ3n) is 4.68. The minimum Gasteiger partial charge on any atom is -0.478 e. The van der Waals surface area contributed by atoms with Crippen molar-refractivity contribution in [1.29, 1.82) is 0 Å². The highest BCUT2D eigenvalue weighted by atomic mass is 16.5. The Morgan fingerprint density at radius 1 is 1.33 bits per heavy atom. The number of nitroso groups, excluding NO2 is 1. The molecular formula is C19H27NO4. The van der Waals surface area contributed by atoms with Gasteiger partial charge in [0.15, 0.2) is 5.60 Å². The molecule has 0 aromatic heterocycles. The van der Waals surface area contributed by atoms with E-state index in [0.29, 0.717) is 5.75 Å². The van der Waals surface area contributed by atoms with Crippen molar-refractivity contribution in [1.82, 2.24) is 0 Å². The fraction of sp³-hybridized carbons (Fsp3) is 0.632. The first kappa shape index (κ1) is 18.4. The molecule has 5 nitrogen and oxygen atoms in total. The molecule has 1 aliphatic carbocycles. The number of fused-ring (bicyclic) bond motifs is 1. The highest BCUT2D eigenvalue weighted by Gasteiger charge is 2.32. The Kier molecular flexibility index (Phi) is 5.97. The summed E-state index contributed by atoms with van der Waals surface area (Å²) in [4.78, 5) is 22.4. The van der Waals surface area contributed by atoms with Crippen LogP contribution in [0.25, 0.3) is 0 Å². The summed E-state index contributed by atoms with van der Waals surface area (Å²) in [5.41, 5.74) is 1.75. The number of aryl methyl sites for hydroxylation is 2. The molecule has 1 aliphatic rings. The zero-order chi connectivity index (χ0) is 17.7. The SMILES string of the molecule is CCCCCCc1cc2c(cc1OC(C)(C)C(=O)O)C(N=O)CC2. The van der Waals surface area contributed by atoms with Crippen LogP contribution < -0.4 is 4.74 Å². The molecular weight excluding hydrogens is 306 g/mol. The van der Waals surface area contributed by atoms with Crippen LogP contribution in [-0.4, -0.2) is 16.7 Å². The van der Waals surface area contributed by atoms with E-state index in [1.807, 2.05) is 6.07 Å². The smallest absolute Gasteiger partial charge is 0.347 e. The van der Waals surface area contributed by atoms with E-state index in [4.69, 9.17) is 4.74 Å². The fourth-order valence-corrected chi connectivity index (χ4v) is 3.13. The van der Waals surface area contributed by atoms with Crippen LogP contribution in [0.5, 0.6) is 5.75 Å². The summed E-state index contributed by atoms with van der Waals surface area (Å²) in [6.45, 7) is 5.25. The van der Waals surface area contributed by atoms with Crippen molar-refractivity contribution in [2.45, 2.75) is 77.4 Å². The van der Waals surface area contributed by atoms with Crippen molar-refractivity contribution >= 4 is 5.97 Å². The highest BCUT2D eigenvalue weighted by molar-refractivity contribution is 5.77. The standard InChI is InChI=1S/C19H27NO4/c1-4-5-6-7-8-14-11-13-9-10-16(20-23)15(13)12-17(14)24-19(2,3)18(21)22/h11-12,16H,4-10H2,1-3H3,(H,21,22). The van der Waals surface area contributed by atoms with Gasteiger partial charge in [-0.2, -0.15) is 4.91 Å². The highest BCUT2D eigenvalue weighted by Crippen LogP contribution is 2.39. The maximum absolute atomic E-state index is 11.4. The van der Waals surface area contributed by atoms with E-state index in [0.717, 1.165) is 48.8 Å². The largest absolute Gasteiger partial charge is 0.478 e. The number of rotatable bonds is 9. The first-order chi connectivity index (χ1) is 11.4. The number of carbonyl (C=O) groups is 1. The second-order valence-electron chi connectivity index (χ2n) is 7.05. The van der Waals surface area contributed by atoms with Gasteiger partial charge in [0.25, 0.3) is 0 Å². The maximum Gasteiger partial charge on any atom is 0.347 e. The van der Waals surface area contributed by atoms with Crippen molar-refractivity contribution in [3.8, 4) is 5.75 Å². The van der Waals surface area contributed by atoms with Gasteiger partial charge in [-0.05, 0) is 62.3 Å². The first-order valence-corrected chi connectivity index (χ1v) is 8.79. The third kappa shape index (κ3) is 4.13. The maximum atomic E-state index is 11.4. The number of hydrogen-bond acceptors (Lipinski definition) is 4. The van der Waals surface area contributed by atoms with E-state index in [2.05, 4.69) is 18.2 Å². The monoisotopic (exact) mass is 333 g/mol. The Labute approximate surface area is 143 Å². The number of unbranched alkanes of at least 4 members (excludes halogenated alkanes) is 3. The molecule has 0 radical (unpaired) electrons. The number of carboxylic acids is 1. The minimum atomic E-state index is -1.31. The van der Waals surface area contributed by atoms with Gasteiger partial charge in [-0.15, -0.1) is 0 Å². The Balaban J connectivity index is 2.30. The lowest BCUT2D eigenvalue weighted by atomic mass is 9.99. The van der Waals surface area contributed by atoms with E-state index in [1.165, 1.54) is 12.8 Å². The molecule has 1 unspecified atom stereocenters. The van der Waals surface area contributed by atoms with Crippen LogP contribution >= 0.6 is 0 Å². The van der Waals surface area contributed by atoms with Crippen molar-refractivity contribution in [3.63, 3.8) is 0 Å². The van der Waals surface area contributed by atoms with Crippen LogP contribution in [0.3, 0.4) is 0 Å². The molecule has 0 bridgehead atoms. The molecule has 5 heteroatoms. The molecule has 1 aromatic rings. The van der Waals surface area contributed by atoms with Crippen molar-refractivity contribution in [2.24, 2.45) is 5.18 Å². The molecule has 1 atom stereocenters. The summed E-state index contributed by atoms with van der Waals surface area (Å²) in [5, 5.41) is 12.5. The zero-order valence-electron chi connectivity index (χ0n) is 14.8. The molecule has 24 heavy (non-hydrogen) atoms. The quantitative estimate of drug-likeness (QED) is 0.520. The van der Waals surface area contributed by atoms with E-state index >= 15 is 0 Å². The van der Waals surface area contributed by atoms with E-state index in [9.17, 15) is 14.8 Å². The van der Waals surface area contributed by atoms with Crippen LogP contribution in [-0.2, 0) is 17.6 Å². The molecule has 0 fully saturated rings. The summed E-state index contributed by atoms with van der Waals surface area (Å²) in [6.07, 6.45) is 6.98. The van der Waals surface area contributed by atoms with Gasteiger partial charge in [-0.1, -0.05) is 37.4 Å². The summed E-state index contributed by atoms with van der Waals surface area (Å²) >= 11 is 0. The molecule has 0 heterocycles. The van der Waals surface area contributed by atoms with Gasteiger partial charge in [-0.25, -0.2) is 4.79 Å². The lowest BCUT2D eigenvalue weighted by Gasteiger charge is -2.24. The Bertz CT molecular complexity index is 610.